The van der Waals surface area contributed by atoms with Gasteiger partial charge >= 0.3 is 0 Å². The summed E-state index contributed by atoms with van der Waals surface area (Å²) < 4.78 is 13.6. The number of carbonyl (C=O) groups excluding carboxylic acids is 1. The molecule has 1 saturated heterocycles. The quantitative estimate of drug-likeness (QED) is 0.547. The summed E-state index contributed by atoms with van der Waals surface area (Å²) >= 11 is 1.85. The molecule has 1 aliphatic heterocycles. The average Bonchev–Trinajstić information content (AvgIpc) is 3.21. The lowest BCUT2D eigenvalue weighted by Crippen LogP contribution is -2.49. The van der Waals surface area contributed by atoms with E-state index in [1.165, 1.54) is 40.8 Å². The Labute approximate surface area is 192 Å². The summed E-state index contributed by atoms with van der Waals surface area (Å²) in [6, 6.07) is 5.96. The van der Waals surface area contributed by atoms with Crippen molar-refractivity contribution >= 4 is 33.3 Å². The van der Waals surface area contributed by atoms with E-state index in [2.05, 4.69) is 18.7 Å². The Morgan fingerprint density at radius 3 is 2.69 bits per heavy atom. The third kappa shape index (κ3) is 3.87. The Kier molecular flexibility index (Phi) is 5.84. The van der Waals surface area contributed by atoms with Gasteiger partial charge in [-0.2, -0.15) is 0 Å². The summed E-state index contributed by atoms with van der Waals surface area (Å²) in [5.41, 5.74) is 1.86. The molecular formula is C25H29FN4OS. The van der Waals surface area contributed by atoms with Crippen LogP contribution in [0.2, 0.25) is 0 Å². The van der Waals surface area contributed by atoms with Gasteiger partial charge in [0.1, 0.15) is 22.3 Å². The van der Waals surface area contributed by atoms with Crippen molar-refractivity contribution in [1.29, 1.82) is 0 Å². The maximum atomic E-state index is 13.6. The van der Waals surface area contributed by atoms with Crippen LogP contribution in [0.3, 0.4) is 0 Å². The highest BCUT2D eigenvalue weighted by Crippen LogP contribution is 2.40. The number of nitrogens with zero attached hydrogens (tertiary/aromatic N) is 4. The molecule has 1 unspecified atom stereocenters. The third-order valence-corrected chi connectivity index (χ3v) is 7.99. The molecule has 168 valence electrons. The summed E-state index contributed by atoms with van der Waals surface area (Å²) in [7, 11) is 0. The van der Waals surface area contributed by atoms with Crippen LogP contribution in [-0.2, 0) is 12.8 Å². The highest BCUT2D eigenvalue weighted by Gasteiger charge is 2.28. The number of aromatic nitrogens is 2. The number of amides is 1. The maximum Gasteiger partial charge on any atom is 0.254 e. The zero-order valence-corrected chi connectivity index (χ0v) is 19.6. The molecule has 1 atom stereocenters. The maximum absolute atomic E-state index is 13.6. The minimum Gasteiger partial charge on any atom is -0.352 e. The molecule has 0 radical (unpaired) electrons. The molecule has 1 aromatic carbocycles. The molecule has 3 aromatic rings. The van der Waals surface area contributed by atoms with E-state index in [9.17, 15) is 9.18 Å². The number of benzene rings is 1. The first-order valence-electron chi connectivity index (χ1n) is 11.7. The Morgan fingerprint density at radius 1 is 1.16 bits per heavy atom. The number of hydrogen-bond donors (Lipinski definition) is 0. The van der Waals surface area contributed by atoms with Gasteiger partial charge in [-0.25, -0.2) is 14.4 Å². The number of aryl methyl sites for hydroxylation is 2. The zero-order valence-electron chi connectivity index (χ0n) is 18.7. The lowest BCUT2D eigenvalue weighted by atomic mass is 9.96. The Hall–Kier alpha value is -2.54. The molecule has 5 rings (SSSR count). The van der Waals surface area contributed by atoms with Crippen molar-refractivity contribution in [3.8, 4) is 0 Å². The van der Waals surface area contributed by atoms with Crippen molar-refractivity contribution < 1.29 is 9.18 Å². The van der Waals surface area contributed by atoms with Gasteiger partial charge in [0.15, 0.2) is 0 Å². The van der Waals surface area contributed by atoms with E-state index in [0.717, 1.165) is 48.8 Å². The van der Waals surface area contributed by atoms with Crippen molar-refractivity contribution in [1.82, 2.24) is 14.9 Å². The normalized spacial score (nSPS) is 17.5. The number of anilines is 1. The van der Waals surface area contributed by atoms with Crippen molar-refractivity contribution in [2.75, 3.05) is 31.1 Å². The molecule has 0 bridgehead atoms. The summed E-state index contributed by atoms with van der Waals surface area (Å²) in [5, 5.41) is 1.24. The third-order valence-electron chi connectivity index (χ3n) is 6.80. The topological polar surface area (TPSA) is 49.3 Å². The largest absolute Gasteiger partial charge is 0.352 e. The van der Waals surface area contributed by atoms with Gasteiger partial charge in [-0.3, -0.25) is 4.79 Å². The molecule has 0 N–H and O–H groups in total. The number of hydrogen-bond acceptors (Lipinski definition) is 5. The number of thiophene rings is 1. The Balaban J connectivity index is 1.44. The SMILES string of the molecule is CCC(C)c1nc(N2CCN(C(=O)c3cccc(F)c3)CC2)c2c3c(sc2n1)CCCC3. The minimum atomic E-state index is -0.377. The molecule has 2 aromatic heterocycles. The van der Waals surface area contributed by atoms with Gasteiger partial charge in [-0.05, 0) is 55.9 Å². The van der Waals surface area contributed by atoms with Crippen LogP contribution in [0.1, 0.15) is 65.7 Å². The predicted molar refractivity (Wildman–Crippen MR) is 127 cm³/mol. The van der Waals surface area contributed by atoms with E-state index in [1.807, 2.05) is 16.2 Å². The van der Waals surface area contributed by atoms with Gasteiger partial charge in [-0.15, -0.1) is 11.3 Å². The van der Waals surface area contributed by atoms with Crippen LogP contribution >= 0.6 is 11.3 Å². The van der Waals surface area contributed by atoms with Crippen LogP contribution in [0.5, 0.6) is 0 Å². The van der Waals surface area contributed by atoms with E-state index in [1.54, 1.807) is 12.1 Å². The van der Waals surface area contributed by atoms with Crippen molar-refractivity contribution in [3.05, 3.63) is 51.9 Å². The van der Waals surface area contributed by atoms with E-state index in [-0.39, 0.29) is 11.7 Å². The van der Waals surface area contributed by atoms with Crippen molar-refractivity contribution in [2.45, 2.75) is 51.9 Å². The fourth-order valence-corrected chi connectivity index (χ4v) is 5.97. The van der Waals surface area contributed by atoms with Crippen LogP contribution in [-0.4, -0.2) is 47.0 Å². The van der Waals surface area contributed by atoms with Crippen molar-refractivity contribution in [2.24, 2.45) is 0 Å². The Bertz CT molecular complexity index is 1150. The zero-order chi connectivity index (χ0) is 22.2. The van der Waals surface area contributed by atoms with Crippen LogP contribution in [0.25, 0.3) is 10.2 Å². The molecule has 0 spiro atoms. The van der Waals surface area contributed by atoms with E-state index >= 15 is 0 Å². The van der Waals surface area contributed by atoms with Crippen molar-refractivity contribution in [3.63, 3.8) is 0 Å². The van der Waals surface area contributed by atoms with Gasteiger partial charge in [0.25, 0.3) is 5.91 Å². The fourth-order valence-electron chi connectivity index (χ4n) is 4.71. The summed E-state index contributed by atoms with van der Waals surface area (Å²) in [6.45, 7) is 7.01. The van der Waals surface area contributed by atoms with Crippen LogP contribution in [0, 0.1) is 5.82 Å². The number of halogens is 1. The standard InChI is InChI=1S/C25H29FN4OS/c1-3-16(2)22-27-23(21-19-9-4-5-10-20(19)32-24(21)28-22)29-11-13-30(14-12-29)25(31)17-7-6-8-18(26)15-17/h6-8,15-16H,3-5,9-14H2,1-2H3. The second-order valence-corrected chi connectivity index (χ2v) is 9.98. The Morgan fingerprint density at radius 2 is 1.94 bits per heavy atom. The monoisotopic (exact) mass is 452 g/mol. The van der Waals surface area contributed by atoms with Gasteiger partial charge in [0, 0.05) is 42.5 Å². The first-order chi connectivity index (χ1) is 15.5. The highest BCUT2D eigenvalue weighted by molar-refractivity contribution is 7.19. The lowest BCUT2D eigenvalue weighted by molar-refractivity contribution is 0.0746. The van der Waals surface area contributed by atoms with Gasteiger partial charge in [0.05, 0.1) is 5.39 Å². The van der Waals surface area contributed by atoms with Crippen LogP contribution in [0.4, 0.5) is 10.2 Å². The molecule has 5 nitrogen and oxygen atoms in total. The lowest BCUT2D eigenvalue weighted by Gasteiger charge is -2.36. The van der Waals surface area contributed by atoms with Crippen LogP contribution < -0.4 is 4.90 Å². The summed E-state index contributed by atoms with van der Waals surface area (Å²) in [6.07, 6.45) is 5.73. The highest BCUT2D eigenvalue weighted by atomic mass is 32.1. The number of fused-ring (bicyclic) bond motifs is 3. The van der Waals surface area contributed by atoms with Gasteiger partial charge < -0.3 is 9.80 Å². The number of carbonyl (C=O) groups is 1. The summed E-state index contributed by atoms with van der Waals surface area (Å²) in [5.74, 6) is 1.80. The molecule has 1 aliphatic carbocycles. The molecule has 32 heavy (non-hydrogen) atoms. The molecule has 7 heteroatoms. The first-order valence-corrected chi connectivity index (χ1v) is 12.5. The second kappa shape index (κ2) is 8.77. The molecule has 1 fully saturated rings. The van der Waals surface area contributed by atoms with Crippen LogP contribution in [0.15, 0.2) is 24.3 Å². The van der Waals surface area contributed by atoms with Gasteiger partial charge in [-0.1, -0.05) is 19.9 Å². The van der Waals surface area contributed by atoms with E-state index < -0.39 is 0 Å². The molecule has 0 saturated carbocycles. The smallest absolute Gasteiger partial charge is 0.254 e. The number of piperazine rings is 1. The number of rotatable bonds is 4. The molecule has 1 amide bonds. The second-order valence-electron chi connectivity index (χ2n) is 8.90. The molecular weight excluding hydrogens is 423 g/mol. The van der Waals surface area contributed by atoms with E-state index in [4.69, 9.17) is 9.97 Å². The molecule has 2 aliphatic rings. The average molecular weight is 453 g/mol. The first kappa shape index (κ1) is 21.3. The molecule has 3 heterocycles. The predicted octanol–water partition coefficient (Wildman–Crippen LogP) is 5.19. The van der Waals surface area contributed by atoms with Gasteiger partial charge in [0.2, 0.25) is 0 Å². The fraction of sp³-hybridized carbons (Fsp3) is 0.480. The summed E-state index contributed by atoms with van der Waals surface area (Å²) in [4.78, 5) is 29.7. The minimum absolute atomic E-state index is 0.106. The van der Waals surface area contributed by atoms with E-state index in [0.29, 0.717) is 24.6 Å².